The predicted molar refractivity (Wildman–Crippen MR) is 69.5 cm³/mol. The number of rotatable bonds is 4. The number of ether oxygens (including phenoxy) is 1. The molecule has 1 aromatic heterocycles. The lowest BCUT2D eigenvalue weighted by Gasteiger charge is -2.26. The van der Waals surface area contributed by atoms with Crippen LogP contribution in [-0.2, 0) is 6.54 Å². The molecule has 0 radical (unpaired) electrons. The van der Waals surface area contributed by atoms with Gasteiger partial charge in [-0.05, 0) is 12.1 Å². The molecule has 0 saturated carbocycles. The third-order valence-electron chi connectivity index (χ3n) is 3.25. The lowest BCUT2D eigenvalue weighted by Crippen LogP contribution is -2.29. The first-order chi connectivity index (χ1) is 8.93. The van der Waals surface area contributed by atoms with Crippen molar-refractivity contribution in [3.05, 3.63) is 48.3 Å². The highest BCUT2D eigenvalue weighted by atomic mass is 16.5. The lowest BCUT2D eigenvalue weighted by molar-refractivity contribution is 0.251. The van der Waals surface area contributed by atoms with Crippen LogP contribution < -0.4 is 10.1 Å². The molecule has 0 spiro atoms. The van der Waals surface area contributed by atoms with Crippen LogP contribution in [0.2, 0.25) is 0 Å². The fourth-order valence-corrected chi connectivity index (χ4v) is 2.34. The van der Waals surface area contributed by atoms with Gasteiger partial charge in [-0.1, -0.05) is 18.2 Å². The average molecular weight is 243 g/mol. The van der Waals surface area contributed by atoms with E-state index in [0.29, 0.717) is 6.04 Å². The number of benzene rings is 1. The van der Waals surface area contributed by atoms with Gasteiger partial charge in [-0.15, -0.1) is 0 Å². The lowest BCUT2D eigenvalue weighted by atomic mass is 10.0. The van der Waals surface area contributed by atoms with E-state index in [0.717, 1.165) is 31.9 Å². The second kappa shape index (κ2) is 5.23. The number of nitrogens with one attached hydrogen (secondary N) is 1. The van der Waals surface area contributed by atoms with Crippen LogP contribution in [0.1, 0.15) is 18.0 Å². The molecule has 1 atom stereocenters. The summed E-state index contributed by atoms with van der Waals surface area (Å²) in [5, 5.41) is 7.77. The van der Waals surface area contributed by atoms with E-state index in [-0.39, 0.29) is 0 Å². The zero-order valence-electron chi connectivity index (χ0n) is 10.2. The SMILES string of the molecule is c1ccc2c(c1)OCCC2NCCn1cccn1. The maximum atomic E-state index is 5.65. The van der Waals surface area contributed by atoms with Crippen molar-refractivity contribution in [3.8, 4) is 5.75 Å². The van der Waals surface area contributed by atoms with Gasteiger partial charge in [0.05, 0.1) is 13.2 Å². The maximum Gasteiger partial charge on any atom is 0.124 e. The highest BCUT2D eigenvalue weighted by Gasteiger charge is 2.19. The van der Waals surface area contributed by atoms with Crippen LogP contribution in [0.25, 0.3) is 0 Å². The Morgan fingerprint density at radius 3 is 3.17 bits per heavy atom. The minimum Gasteiger partial charge on any atom is -0.493 e. The molecule has 4 heteroatoms. The van der Waals surface area contributed by atoms with Crippen LogP contribution in [0, 0.1) is 0 Å². The van der Waals surface area contributed by atoms with E-state index in [1.165, 1.54) is 5.56 Å². The fraction of sp³-hybridized carbons (Fsp3) is 0.357. The standard InChI is InChI=1S/C14H17N3O/c1-2-5-14-12(4-1)13(6-11-18-14)15-8-10-17-9-3-7-16-17/h1-5,7,9,13,15H,6,8,10-11H2. The van der Waals surface area contributed by atoms with Gasteiger partial charge < -0.3 is 10.1 Å². The van der Waals surface area contributed by atoms with E-state index in [9.17, 15) is 0 Å². The van der Waals surface area contributed by atoms with Crippen molar-refractivity contribution in [2.75, 3.05) is 13.2 Å². The number of para-hydroxylation sites is 1. The van der Waals surface area contributed by atoms with E-state index >= 15 is 0 Å². The molecule has 0 bridgehead atoms. The molecule has 1 aliphatic heterocycles. The van der Waals surface area contributed by atoms with Crippen LogP contribution in [0.3, 0.4) is 0 Å². The second-order valence-electron chi connectivity index (χ2n) is 4.45. The Morgan fingerprint density at radius 2 is 2.28 bits per heavy atom. The molecule has 18 heavy (non-hydrogen) atoms. The number of hydrogen-bond acceptors (Lipinski definition) is 3. The summed E-state index contributed by atoms with van der Waals surface area (Å²) < 4.78 is 7.59. The summed E-state index contributed by atoms with van der Waals surface area (Å²) in [4.78, 5) is 0. The van der Waals surface area contributed by atoms with Crippen molar-refractivity contribution in [3.63, 3.8) is 0 Å². The molecule has 0 fully saturated rings. The largest absolute Gasteiger partial charge is 0.493 e. The quantitative estimate of drug-likeness (QED) is 0.892. The molecule has 1 unspecified atom stereocenters. The normalized spacial score (nSPS) is 18.1. The summed E-state index contributed by atoms with van der Waals surface area (Å²) in [6.45, 7) is 2.60. The van der Waals surface area contributed by atoms with Crippen molar-refractivity contribution in [2.45, 2.75) is 19.0 Å². The molecule has 0 amide bonds. The van der Waals surface area contributed by atoms with Crippen LogP contribution in [0.4, 0.5) is 0 Å². The molecule has 2 heterocycles. The minimum absolute atomic E-state index is 0.394. The van der Waals surface area contributed by atoms with E-state index < -0.39 is 0 Å². The minimum atomic E-state index is 0.394. The number of aromatic nitrogens is 2. The Balaban J connectivity index is 1.60. The zero-order chi connectivity index (χ0) is 12.2. The van der Waals surface area contributed by atoms with Gasteiger partial charge in [0.2, 0.25) is 0 Å². The summed E-state index contributed by atoms with van der Waals surface area (Å²) in [5.41, 5.74) is 1.27. The van der Waals surface area contributed by atoms with Crippen molar-refractivity contribution in [1.29, 1.82) is 0 Å². The zero-order valence-corrected chi connectivity index (χ0v) is 10.2. The topological polar surface area (TPSA) is 39.1 Å². The Bertz CT molecular complexity index is 496. The van der Waals surface area contributed by atoms with Gasteiger partial charge in [-0.25, -0.2) is 0 Å². The molecule has 0 saturated heterocycles. The Labute approximate surface area is 107 Å². The van der Waals surface area contributed by atoms with Crippen molar-refractivity contribution in [1.82, 2.24) is 15.1 Å². The molecule has 94 valence electrons. The van der Waals surface area contributed by atoms with Crippen molar-refractivity contribution in [2.24, 2.45) is 0 Å². The summed E-state index contributed by atoms with van der Waals surface area (Å²) >= 11 is 0. The Kier molecular flexibility index (Phi) is 3.28. The first-order valence-corrected chi connectivity index (χ1v) is 6.36. The van der Waals surface area contributed by atoms with Gasteiger partial charge in [-0.2, -0.15) is 5.10 Å². The fourth-order valence-electron chi connectivity index (χ4n) is 2.34. The van der Waals surface area contributed by atoms with Crippen molar-refractivity contribution < 1.29 is 4.74 Å². The first-order valence-electron chi connectivity index (χ1n) is 6.36. The molecular formula is C14H17N3O. The van der Waals surface area contributed by atoms with Crippen LogP contribution in [-0.4, -0.2) is 22.9 Å². The summed E-state index contributed by atoms with van der Waals surface area (Å²) in [7, 11) is 0. The van der Waals surface area contributed by atoms with Gasteiger partial charge in [-0.3, -0.25) is 4.68 Å². The summed E-state index contributed by atoms with van der Waals surface area (Å²) in [6.07, 6.45) is 4.82. The van der Waals surface area contributed by atoms with Crippen LogP contribution in [0.15, 0.2) is 42.7 Å². The number of nitrogens with zero attached hydrogens (tertiary/aromatic N) is 2. The second-order valence-corrected chi connectivity index (χ2v) is 4.45. The molecule has 3 rings (SSSR count). The highest BCUT2D eigenvalue weighted by Crippen LogP contribution is 2.31. The average Bonchev–Trinajstić information content (AvgIpc) is 2.92. The predicted octanol–water partition coefficient (Wildman–Crippen LogP) is 2.00. The molecule has 1 N–H and O–H groups in total. The van der Waals surface area contributed by atoms with E-state index in [2.05, 4.69) is 22.5 Å². The monoisotopic (exact) mass is 243 g/mol. The first kappa shape index (κ1) is 11.3. The van der Waals surface area contributed by atoms with Crippen LogP contribution in [0.5, 0.6) is 5.75 Å². The summed E-state index contributed by atoms with van der Waals surface area (Å²) in [6, 6.07) is 10.6. The number of fused-ring (bicyclic) bond motifs is 1. The van der Waals surface area contributed by atoms with Crippen LogP contribution >= 0.6 is 0 Å². The third-order valence-corrected chi connectivity index (χ3v) is 3.25. The van der Waals surface area contributed by atoms with Gasteiger partial charge >= 0.3 is 0 Å². The Morgan fingerprint density at radius 1 is 1.33 bits per heavy atom. The molecule has 0 aliphatic carbocycles. The van der Waals surface area contributed by atoms with Gasteiger partial charge in [0.25, 0.3) is 0 Å². The molecule has 1 aliphatic rings. The van der Waals surface area contributed by atoms with E-state index in [1.54, 1.807) is 0 Å². The van der Waals surface area contributed by atoms with E-state index in [1.807, 2.05) is 35.3 Å². The molecule has 1 aromatic carbocycles. The maximum absolute atomic E-state index is 5.65. The van der Waals surface area contributed by atoms with Crippen molar-refractivity contribution >= 4 is 0 Å². The highest BCUT2D eigenvalue weighted by molar-refractivity contribution is 5.37. The van der Waals surface area contributed by atoms with Gasteiger partial charge in [0.1, 0.15) is 5.75 Å². The molecular weight excluding hydrogens is 226 g/mol. The third kappa shape index (κ3) is 2.38. The number of hydrogen-bond donors (Lipinski definition) is 1. The Hall–Kier alpha value is -1.81. The summed E-state index contributed by atoms with van der Waals surface area (Å²) in [5.74, 6) is 1.01. The van der Waals surface area contributed by atoms with Gasteiger partial charge in [0.15, 0.2) is 0 Å². The van der Waals surface area contributed by atoms with E-state index in [4.69, 9.17) is 4.74 Å². The molecule has 2 aromatic rings. The molecule has 4 nitrogen and oxygen atoms in total. The smallest absolute Gasteiger partial charge is 0.124 e. The van der Waals surface area contributed by atoms with Gasteiger partial charge in [0, 0.05) is 37.0 Å².